The van der Waals surface area contributed by atoms with Gasteiger partial charge in [-0.2, -0.15) is 8.78 Å². The molecule has 1 rings (SSSR count). The van der Waals surface area contributed by atoms with E-state index in [2.05, 4.69) is 4.74 Å². The first kappa shape index (κ1) is 10.7. The van der Waals surface area contributed by atoms with Crippen LogP contribution in [0.1, 0.15) is 18.5 Å². The quantitative estimate of drug-likeness (QED) is 0.790. The van der Waals surface area contributed by atoms with Crippen molar-refractivity contribution in [2.24, 2.45) is 5.73 Å². The van der Waals surface area contributed by atoms with Crippen molar-refractivity contribution in [1.82, 2.24) is 0 Å². The third-order valence-electron chi connectivity index (χ3n) is 1.72. The van der Waals surface area contributed by atoms with E-state index in [0.717, 1.165) is 0 Å². The maximum absolute atomic E-state index is 11.8. The number of nitrogens with two attached hydrogens (primary N) is 1. The number of aromatic hydroxyl groups is 1. The summed E-state index contributed by atoms with van der Waals surface area (Å²) in [5.41, 5.74) is 6.19. The van der Waals surface area contributed by atoms with Crippen LogP contribution in [0.5, 0.6) is 11.5 Å². The van der Waals surface area contributed by atoms with Gasteiger partial charge in [0, 0.05) is 6.04 Å². The fraction of sp³-hybridized carbons (Fsp3) is 0.333. The van der Waals surface area contributed by atoms with Gasteiger partial charge in [-0.1, -0.05) is 6.07 Å². The summed E-state index contributed by atoms with van der Waals surface area (Å²) in [6, 6.07) is 3.84. The van der Waals surface area contributed by atoms with Crippen molar-refractivity contribution in [2.45, 2.75) is 19.6 Å². The molecule has 78 valence electrons. The lowest BCUT2D eigenvalue weighted by molar-refractivity contribution is -0.0512. The van der Waals surface area contributed by atoms with Crippen molar-refractivity contribution >= 4 is 0 Å². The number of hydrogen-bond acceptors (Lipinski definition) is 3. The van der Waals surface area contributed by atoms with Crippen molar-refractivity contribution in [3.8, 4) is 11.5 Å². The van der Waals surface area contributed by atoms with Crippen LogP contribution in [0.2, 0.25) is 0 Å². The average molecular weight is 203 g/mol. The highest BCUT2D eigenvalue weighted by Gasteiger charge is 2.10. The molecular weight excluding hydrogens is 192 g/mol. The minimum absolute atomic E-state index is 0.246. The standard InChI is InChI=1S/C9H11F2NO2/c1-5(12)6-2-3-8(7(13)4-6)14-9(10)11/h2-5,9,13H,12H2,1H3. The number of hydrogen-bond donors (Lipinski definition) is 2. The normalized spacial score (nSPS) is 12.9. The van der Waals surface area contributed by atoms with E-state index in [1.807, 2.05) is 0 Å². The van der Waals surface area contributed by atoms with Crippen LogP contribution in [-0.4, -0.2) is 11.7 Å². The molecular formula is C9H11F2NO2. The first-order chi connectivity index (χ1) is 6.50. The summed E-state index contributed by atoms with van der Waals surface area (Å²) in [7, 11) is 0. The smallest absolute Gasteiger partial charge is 0.387 e. The molecule has 0 saturated heterocycles. The Bertz CT molecular complexity index is 316. The predicted molar refractivity (Wildman–Crippen MR) is 47.3 cm³/mol. The Morgan fingerprint density at radius 1 is 1.43 bits per heavy atom. The molecule has 0 amide bonds. The molecule has 5 heteroatoms. The summed E-state index contributed by atoms with van der Waals surface area (Å²) in [6.45, 7) is -1.22. The molecule has 0 aliphatic heterocycles. The summed E-state index contributed by atoms with van der Waals surface area (Å²) in [6.07, 6.45) is 0. The maximum Gasteiger partial charge on any atom is 0.387 e. The topological polar surface area (TPSA) is 55.5 Å². The Kier molecular flexibility index (Phi) is 3.24. The molecule has 0 aliphatic carbocycles. The third kappa shape index (κ3) is 2.56. The summed E-state index contributed by atoms with van der Waals surface area (Å²) < 4.78 is 27.7. The van der Waals surface area contributed by atoms with Gasteiger partial charge < -0.3 is 15.6 Å². The van der Waals surface area contributed by atoms with Gasteiger partial charge in [0.1, 0.15) is 0 Å². The van der Waals surface area contributed by atoms with Crippen molar-refractivity contribution in [2.75, 3.05) is 0 Å². The molecule has 1 aromatic carbocycles. The zero-order chi connectivity index (χ0) is 10.7. The first-order valence-electron chi connectivity index (χ1n) is 4.04. The Morgan fingerprint density at radius 3 is 2.50 bits per heavy atom. The molecule has 0 radical (unpaired) electrons. The molecule has 14 heavy (non-hydrogen) atoms. The molecule has 1 atom stereocenters. The Morgan fingerprint density at radius 2 is 2.07 bits per heavy atom. The van der Waals surface area contributed by atoms with Gasteiger partial charge in [-0.3, -0.25) is 0 Å². The van der Waals surface area contributed by atoms with Gasteiger partial charge in [0.25, 0.3) is 0 Å². The van der Waals surface area contributed by atoms with E-state index < -0.39 is 6.61 Å². The SMILES string of the molecule is CC(N)c1ccc(OC(F)F)c(O)c1. The van der Waals surface area contributed by atoms with Crippen LogP contribution >= 0.6 is 0 Å². The fourth-order valence-electron chi connectivity index (χ4n) is 1.01. The summed E-state index contributed by atoms with van der Waals surface area (Å²) in [4.78, 5) is 0. The van der Waals surface area contributed by atoms with E-state index >= 15 is 0 Å². The zero-order valence-corrected chi connectivity index (χ0v) is 7.58. The van der Waals surface area contributed by atoms with E-state index in [9.17, 15) is 13.9 Å². The van der Waals surface area contributed by atoms with Gasteiger partial charge in [0.05, 0.1) is 0 Å². The van der Waals surface area contributed by atoms with E-state index in [1.165, 1.54) is 18.2 Å². The molecule has 0 heterocycles. The Hall–Kier alpha value is -1.36. The molecule has 0 bridgehead atoms. The van der Waals surface area contributed by atoms with Crippen molar-refractivity contribution < 1.29 is 18.6 Å². The van der Waals surface area contributed by atoms with Crippen molar-refractivity contribution in [3.05, 3.63) is 23.8 Å². The van der Waals surface area contributed by atoms with E-state index in [0.29, 0.717) is 5.56 Å². The third-order valence-corrected chi connectivity index (χ3v) is 1.72. The zero-order valence-electron chi connectivity index (χ0n) is 7.58. The van der Waals surface area contributed by atoms with Crippen LogP contribution < -0.4 is 10.5 Å². The predicted octanol–water partition coefficient (Wildman–Crippen LogP) is 2.01. The van der Waals surface area contributed by atoms with Gasteiger partial charge in [-0.15, -0.1) is 0 Å². The minimum Gasteiger partial charge on any atom is -0.504 e. The van der Waals surface area contributed by atoms with Crippen LogP contribution in [0.3, 0.4) is 0 Å². The minimum atomic E-state index is -2.94. The second-order valence-corrected chi connectivity index (χ2v) is 2.89. The number of alkyl halides is 2. The van der Waals surface area contributed by atoms with Crippen LogP contribution in [-0.2, 0) is 0 Å². The van der Waals surface area contributed by atoms with Gasteiger partial charge in [-0.25, -0.2) is 0 Å². The molecule has 0 spiro atoms. The number of rotatable bonds is 3. The van der Waals surface area contributed by atoms with Gasteiger partial charge >= 0.3 is 6.61 Å². The van der Waals surface area contributed by atoms with Crippen LogP contribution in [0.4, 0.5) is 8.78 Å². The maximum atomic E-state index is 11.8. The second kappa shape index (κ2) is 4.23. The highest BCUT2D eigenvalue weighted by molar-refractivity contribution is 5.42. The highest BCUT2D eigenvalue weighted by Crippen LogP contribution is 2.29. The van der Waals surface area contributed by atoms with Crippen LogP contribution in [0.15, 0.2) is 18.2 Å². The number of halogens is 2. The fourth-order valence-corrected chi connectivity index (χ4v) is 1.01. The van der Waals surface area contributed by atoms with E-state index in [1.54, 1.807) is 6.92 Å². The van der Waals surface area contributed by atoms with Gasteiger partial charge in [0.15, 0.2) is 11.5 Å². The molecule has 3 nitrogen and oxygen atoms in total. The molecule has 0 aliphatic rings. The number of phenolic OH excluding ortho intramolecular Hbond substituents is 1. The average Bonchev–Trinajstić information content (AvgIpc) is 2.07. The number of ether oxygens (including phenoxy) is 1. The summed E-state index contributed by atoms with van der Waals surface area (Å²) in [5, 5.41) is 9.28. The lowest BCUT2D eigenvalue weighted by atomic mass is 10.1. The molecule has 3 N–H and O–H groups in total. The lowest BCUT2D eigenvalue weighted by Crippen LogP contribution is -2.06. The van der Waals surface area contributed by atoms with E-state index in [-0.39, 0.29) is 17.5 Å². The van der Waals surface area contributed by atoms with Crippen LogP contribution in [0, 0.1) is 0 Å². The van der Waals surface area contributed by atoms with Crippen molar-refractivity contribution in [1.29, 1.82) is 0 Å². The van der Waals surface area contributed by atoms with Gasteiger partial charge in [-0.05, 0) is 24.6 Å². The largest absolute Gasteiger partial charge is 0.504 e. The number of benzene rings is 1. The van der Waals surface area contributed by atoms with Crippen molar-refractivity contribution in [3.63, 3.8) is 0 Å². The Balaban J connectivity index is 2.90. The Labute approximate surface area is 80.1 Å². The second-order valence-electron chi connectivity index (χ2n) is 2.89. The van der Waals surface area contributed by atoms with Crippen LogP contribution in [0.25, 0.3) is 0 Å². The van der Waals surface area contributed by atoms with E-state index in [4.69, 9.17) is 5.73 Å². The highest BCUT2D eigenvalue weighted by atomic mass is 19.3. The lowest BCUT2D eigenvalue weighted by Gasteiger charge is -2.10. The van der Waals surface area contributed by atoms with Gasteiger partial charge in [0.2, 0.25) is 0 Å². The monoisotopic (exact) mass is 203 g/mol. The molecule has 1 unspecified atom stereocenters. The summed E-state index contributed by atoms with van der Waals surface area (Å²) >= 11 is 0. The molecule has 0 saturated carbocycles. The number of phenols is 1. The molecule has 0 aromatic heterocycles. The first-order valence-corrected chi connectivity index (χ1v) is 4.04. The molecule has 1 aromatic rings. The summed E-state index contributed by atoms with van der Waals surface area (Å²) in [5.74, 6) is -0.579. The molecule has 0 fully saturated rings.